The van der Waals surface area contributed by atoms with Crippen LogP contribution in [0.1, 0.15) is 96.5 Å². The topological polar surface area (TPSA) is 163 Å². The summed E-state index contributed by atoms with van der Waals surface area (Å²) in [6, 6.07) is 11.8. The van der Waals surface area contributed by atoms with Gasteiger partial charge < -0.3 is 15.0 Å². The van der Waals surface area contributed by atoms with Gasteiger partial charge in [0.05, 0.1) is 6.04 Å². The van der Waals surface area contributed by atoms with Crippen LogP contribution < -0.4 is 21.1 Å². The van der Waals surface area contributed by atoms with E-state index in [0.29, 0.717) is 25.9 Å². The van der Waals surface area contributed by atoms with E-state index >= 15 is 0 Å². The standard InChI is InChI=1S/C34H41N7O6S/c1-21-20-48-29(35-21)25-13-9-15-40(25)30(44)23-17-24(36-26(18-23)41-16-10-14-27(41)42)28(43)38-39-31(45)34(5,19-22-11-7-6-8-12-22)37-32(46)47-33(2,3)4/h6-8,11-12,17-18,20,25H,9-10,13-16,19H2,1-5H3,(H,37,46)(H,38,43)(H,39,45)/t25-,34-/m1/s1. The molecule has 2 fully saturated rings. The van der Waals surface area contributed by atoms with Crippen molar-refractivity contribution < 1.29 is 28.7 Å². The smallest absolute Gasteiger partial charge is 0.408 e. The summed E-state index contributed by atoms with van der Waals surface area (Å²) in [4.78, 5) is 78.7. The number of carbonyl (C=O) groups is 5. The molecule has 0 spiro atoms. The van der Waals surface area contributed by atoms with Gasteiger partial charge in [0, 0.05) is 42.6 Å². The molecule has 48 heavy (non-hydrogen) atoms. The largest absolute Gasteiger partial charge is 0.444 e. The van der Waals surface area contributed by atoms with Crippen molar-refractivity contribution in [2.24, 2.45) is 0 Å². The van der Waals surface area contributed by atoms with Crippen molar-refractivity contribution in [2.45, 2.75) is 83.9 Å². The molecular formula is C34H41N7O6S. The highest BCUT2D eigenvalue weighted by Gasteiger charge is 2.38. The molecule has 2 aliphatic rings. The summed E-state index contributed by atoms with van der Waals surface area (Å²) >= 11 is 1.50. The second-order valence-electron chi connectivity index (χ2n) is 13.3. The van der Waals surface area contributed by atoms with E-state index in [1.807, 2.05) is 42.6 Å². The third-order valence-corrected chi connectivity index (χ3v) is 9.11. The number of likely N-dealkylation sites (tertiary alicyclic amines) is 1. The third-order valence-electron chi connectivity index (χ3n) is 8.04. The van der Waals surface area contributed by atoms with Crippen LogP contribution in [0, 0.1) is 6.92 Å². The average Bonchev–Trinajstić information content (AvgIpc) is 3.79. The lowest BCUT2D eigenvalue weighted by atomic mass is 9.92. The molecule has 3 aromatic rings. The maximum Gasteiger partial charge on any atom is 0.408 e. The van der Waals surface area contributed by atoms with Crippen molar-refractivity contribution in [3.8, 4) is 0 Å². The summed E-state index contributed by atoms with van der Waals surface area (Å²) in [5, 5.41) is 5.45. The second kappa shape index (κ2) is 14.1. The number of thiazole rings is 1. The summed E-state index contributed by atoms with van der Waals surface area (Å²) in [5.74, 6) is -1.81. The van der Waals surface area contributed by atoms with Crippen LogP contribution in [-0.4, -0.2) is 68.8 Å². The molecule has 0 bridgehead atoms. The van der Waals surface area contributed by atoms with Crippen LogP contribution in [0.2, 0.25) is 0 Å². The minimum Gasteiger partial charge on any atom is -0.444 e. The molecule has 1 aromatic carbocycles. The summed E-state index contributed by atoms with van der Waals surface area (Å²) in [5.41, 5.74) is 4.13. The van der Waals surface area contributed by atoms with Gasteiger partial charge in [-0.1, -0.05) is 30.3 Å². The van der Waals surface area contributed by atoms with Crippen molar-refractivity contribution in [2.75, 3.05) is 18.0 Å². The number of nitrogens with zero attached hydrogens (tertiary/aromatic N) is 4. The molecule has 14 heteroatoms. The van der Waals surface area contributed by atoms with Crippen LogP contribution in [0.15, 0.2) is 47.8 Å². The lowest BCUT2D eigenvalue weighted by Gasteiger charge is -2.31. The van der Waals surface area contributed by atoms with Crippen molar-refractivity contribution in [3.05, 3.63) is 75.4 Å². The van der Waals surface area contributed by atoms with E-state index < -0.39 is 29.0 Å². The Hall–Kier alpha value is -4.85. The van der Waals surface area contributed by atoms with Crippen LogP contribution in [-0.2, 0) is 20.7 Å². The number of hydrazine groups is 1. The van der Waals surface area contributed by atoms with E-state index in [1.54, 1.807) is 25.7 Å². The molecule has 0 saturated carbocycles. The number of benzene rings is 1. The summed E-state index contributed by atoms with van der Waals surface area (Å²) in [6.07, 6.45) is 1.81. The first-order valence-corrected chi connectivity index (χ1v) is 16.8. The zero-order valence-corrected chi connectivity index (χ0v) is 28.6. The van der Waals surface area contributed by atoms with Crippen LogP contribution >= 0.6 is 11.3 Å². The number of pyridine rings is 1. The van der Waals surface area contributed by atoms with Gasteiger partial charge in [0.15, 0.2) is 0 Å². The van der Waals surface area contributed by atoms with Gasteiger partial charge in [0.25, 0.3) is 17.7 Å². The van der Waals surface area contributed by atoms with Gasteiger partial charge in [0.2, 0.25) is 5.91 Å². The molecule has 2 atom stereocenters. The highest BCUT2D eigenvalue weighted by Crippen LogP contribution is 2.35. The van der Waals surface area contributed by atoms with Crippen molar-refractivity contribution in [1.82, 2.24) is 31.0 Å². The number of ether oxygens (including phenoxy) is 1. The van der Waals surface area contributed by atoms with Gasteiger partial charge in [-0.3, -0.25) is 34.9 Å². The van der Waals surface area contributed by atoms with Crippen molar-refractivity contribution in [3.63, 3.8) is 0 Å². The first kappa shape index (κ1) is 34.5. The first-order valence-electron chi connectivity index (χ1n) is 15.9. The molecule has 5 rings (SSSR count). The second-order valence-corrected chi connectivity index (χ2v) is 14.2. The molecule has 254 valence electrons. The van der Waals surface area contributed by atoms with E-state index in [0.717, 1.165) is 29.1 Å². The van der Waals surface area contributed by atoms with Crippen LogP contribution in [0.3, 0.4) is 0 Å². The van der Waals surface area contributed by atoms with E-state index in [-0.39, 0.29) is 41.4 Å². The zero-order valence-electron chi connectivity index (χ0n) is 27.8. The molecule has 3 N–H and O–H groups in total. The minimum atomic E-state index is -1.53. The number of nitrogens with one attached hydrogen (secondary N) is 3. The number of hydrogen-bond donors (Lipinski definition) is 3. The number of alkyl carbamates (subject to hydrolysis) is 1. The van der Waals surface area contributed by atoms with Crippen molar-refractivity contribution in [1.29, 1.82) is 0 Å². The summed E-state index contributed by atoms with van der Waals surface area (Å²) in [7, 11) is 0. The monoisotopic (exact) mass is 675 g/mol. The van der Waals surface area contributed by atoms with Gasteiger partial charge in [-0.05, 0) is 71.6 Å². The Kier molecular flexibility index (Phi) is 10.1. The number of aromatic nitrogens is 2. The number of anilines is 1. The average molecular weight is 676 g/mol. The molecule has 5 amide bonds. The Morgan fingerprint density at radius 2 is 1.75 bits per heavy atom. The highest BCUT2D eigenvalue weighted by molar-refractivity contribution is 7.09. The van der Waals surface area contributed by atoms with E-state index in [1.165, 1.54) is 35.3 Å². The molecule has 2 saturated heterocycles. The van der Waals surface area contributed by atoms with Crippen LogP contribution in [0.4, 0.5) is 10.6 Å². The van der Waals surface area contributed by atoms with Gasteiger partial charge in [-0.15, -0.1) is 11.3 Å². The van der Waals surface area contributed by atoms with Gasteiger partial charge >= 0.3 is 6.09 Å². The predicted molar refractivity (Wildman–Crippen MR) is 179 cm³/mol. The molecule has 2 aliphatic heterocycles. The number of aryl methyl sites for hydroxylation is 1. The Bertz CT molecular complexity index is 1710. The predicted octanol–water partition coefficient (Wildman–Crippen LogP) is 4.24. The third kappa shape index (κ3) is 8.16. The van der Waals surface area contributed by atoms with Crippen LogP contribution in [0.5, 0.6) is 0 Å². The Labute approximate surface area is 283 Å². The van der Waals surface area contributed by atoms with Crippen LogP contribution in [0.25, 0.3) is 0 Å². The van der Waals surface area contributed by atoms with Gasteiger partial charge in [0.1, 0.15) is 27.7 Å². The fourth-order valence-electron chi connectivity index (χ4n) is 5.77. The molecule has 0 unspecified atom stereocenters. The Morgan fingerprint density at radius 3 is 2.40 bits per heavy atom. The van der Waals surface area contributed by atoms with E-state index in [9.17, 15) is 24.0 Å². The fraction of sp³-hybridized carbons (Fsp3) is 0.441. The fourth-order valence-corrected chi connectivity index (χ4v) is 6.71. The molecule has 13 nitrogen and oxygen atoms in total. The highest BCUT2D eigenvalue weighted by atomic mass is 32.1. The number of amides is 5. The maximum atomic E-state index is 14.0. The Balaban J connectivity index is 1.38. The maximum absolute atomic E-state index is 14.0. The van der Waals surface area contributed by atoms with Gasteiger partial charge in [-0.2, -0.15) is 0 Å². The molecule has 0 radical (unpaired) electrons. The van der Waals surface area contributed by atoms with E-state index in [2.05, 4.69) is 26.1 Å². The summed E-state index contributed by atoms with van der Waals surface area (Å²) in [6.45, 7) is 9.48. The summed E-state index contributed by atoms with van der Waals surface area (Å²) < 4.78 is 5.40. The molecular weight excluding hydrogens is 634 g/mol. The quantitative estimate of drug-likeness (QED) is 0.299. The molecule has 2 aromatic heterocycles. The number of hydrogen-bond acceptors (Lipinski definition) is 9. The number of rotatable bonds is 8. The first-order chi connectivity index (χ1) is 22.7. The molecule has 0 aliphatic carbocycles. The minimum absolute atomic E-state index is 0.0911. The van der Waals surface area contributed by atoms with Gasteiger partial charge in [-0.25, -0.2) is 14.8 Å². The van der Waals surface area contributed by atoms with E-state index in [4.69, 9.17) is 4.74 Å². The lowest BCUT2D eigenvalue weighted by Crippen LogP contribution is -2.61. The van der Waals surface area contributed by atoms with Crippen molar-refractivity contribution >= 4 is 46.9 Å². The SMILES string of the molecule is Cc1csc([C@H]2CCCN2C(=O)c2cc(C(=O)NNC(=O)[C@@](C)(Cc3ccccc3)NC(=O)OC(C)(C)C)nc(N3CCCC3=O)c2)n1. The normalized spacial score (nSPS) is 17.5. The Morgan fingerprint density at radius 1 is 1.00 bits per heavy atom. The zero-order chi connectivity index (χ0) is 34.6. The number of carbonyl (C=O) groups excluding carboxylic acids is 5. The lowest BCUT2D eigenvalue weighted by molar-refractivity contribution is -0.128. The molecule has 4 heterocycles.